The molecule has 3 nitrogen and oxygen atoms in total. The van der Waals surface area contributed by atoms with Crippen molar-refractivity contribution >= 4 is 33.3 Å². The first-order chi connectivity index (χ1) is 8.00. The maximum atomic E-state index is 5.96. The van der Waals surface area contributed by atoms with Gasteiger partial charge in [-0.3, -0.25) is 0 Å². The van der Waals surface area contributed by atoms with Crippen molar-refractivity contribution in [1.29, 1.82) is 0 Å². The Bertz CT molecular complexity index is 383. The minimum absolute atomic E-state index is 0.155. The number of morpholine rings is 1. The summed E-state index contributed by atoms with van der Waals surface area (Å²) in [6.07, 6.45) is 1.87. The zero-order chi connectivity index (χ0) is 12.5. The van der Waals surface area contributed by atoms with Crippen LogP contribution in [0.2, 0.25) is 5.02 Å². The van der Waals surface area contributed by atoms with Gasteiger partial charge in [-0.15, -0.1) is 0 Å². The largest absolute Gasteiger partial charge is 0.368 e. The Labute approximate surface area is 115 Å². The molecule has 1 unspecified atom stereocenters. The van der Waals surface area contributed by atoms with Crippen LogP contribution in [0.25, 0.3) is 0 Å². The van der Waals surface area contributed by atoms with Gasteiger partial charge in [0, 0.05) is 24.6 Å². The molecule has 17 heavy (non-hydrogen) atoms. The second-order valence-corrected chi connectivity index (χ2v) is 5.95. The van der Waals surface area contributed by atoms with Crippen LogP contribution in [0.5, 0.6) is 0 Å². The lowest BCUT2D eigenvalue weighted by Gasteiger charge is -2.42. The summed E-state index contributed by atoms with van der Waals surface area (Å²) < 4.78 is 5.96. The lowest BCUT2D eigenvalue weighted by atomic mass is 10.1. The van der Waals surface area contributed by atoms with Gasteiger partial charge in [0.05, 0.1) is 16.7 Å². The lowest BCUT2D eigenvalue weighted by Crippen LogP contribution is -2.53. The van der Waals surface area contributed by atoms with Crippen molar-refractivity contribution in [1.82, 2.24) is 4.98 Å². The molecule has 0 amide bonds. The molecule has 0 saturated carbocycles. The minimum atomic E-state index is -0.155. The number of pyridine rings is 1. The second-order valence-electron chi connectivity index (χ2n) is 4.87. The Morgan fingerprint density at radius 2 is 2.35 bits per heavy atom. The Hall–Kier alpha value is -0.320. The third-order valence-corrected chi connectivity index (χ3v) is 3.63. The van der Waals surface area contributed by atoms with E-state index in [1.807, 2.05) is 12.1 Å². The average Bonchev–Trinajstić information content (AvgIpc) is 2.27. The summed E-state index contributed by atoms with van der Waals surface area (Å²) in [4.78, 5) is 6.60. The number of hydrogen-bond acceptors (Lipinski definition) is 3. The number of hydrogen-bond donors (Lipinski definition) is 0. The highest BCUT2D eigenvalue weighted by molar-refractivity contribution is 9.09. The van der Waals surface area contributed by atoms with Crippen LogP contribution in [-0.2, 0) is 4.74 Å². The molecule has 5 heteroatoms. The molecule has 1 saturated heterocycles. The molecule has 0 aliphatic carbocycles. The van der Waals surface area contributed by atoms with E-state index in [-0.39, 0.29) is 11.7 Å². The van der Waals surface area contributed by atoms with Gasteiger partial charge in [-0.25, -0.2) is 4.98 Å². The number of anilines is 1. The Morgan fingerprint density at radius 1 is 1.59 bits per heavy atom. The first-order valence-corrected chi connectivity index (χ1v) is 7.10. The molecule has 94 valence electrons. The minimum Gasteiger partial charge on any atom is -0.368 e. The number of rotatable bonds is 2. The van der Waals surface area contributed by atoms with Gasteiger partial charge in [-0.05, 0) is 26.0 Å². The maximum Gasteiger partial charge on any atom is 0.128 e. The molecule has 1 fully saturated rings. The van der Waals surface area contributed by atoms with Crippen LogP contribution in [-0.4, -0.2) is 35.1 Å². The zero-order valence-electron chi connectivity index (χ0n) is 9.99. The fourth-order valence-corrected chi connectivity index (χ4v) is 2.55. The fraction of sp³-hybridized carbons (Fsp3) is 0.583. The van der Waals surface area contributed by atoms with E-state index in [4.69, 9.17) is 16.3 Å². The van der Waals surface area contributed by atoms with Crippen molar-refractivity contribution in [3.8, 4) is 0 Å². The molecule has 0 radical (unpaired) electrons. The van der Waals surface area contributed by atoms with Crippen molar-refractivity contribution in [3.05, 3.63) is 23.4 Å². The SMILES string of the molecule is CC1(C)CN(c2ccc(Cl)cn2)CC(CBr)O1. The van der Waals surface area contributed by atoms with Crippen LogP contribution in [0.3, 0.4) is 0 Å². The molecule has 0 spiro atoms. The van der Waals surface area contributed by atoms with Crippen LogP contribution < -0.4 is 4.90 Å². The number of ether oxygens (including phenoxy) is 1. The van der Waals surface area contributed by atoms with E-state index in [1.54, 1.807) is 6.20 Å². The smallest absolute Gasteiger partial charge is 0.128 e. The monoisotopic (exact) mass is 318 g/mol. The second kappa shape index (κ2) is 5.12. The molecule has 0 aromatic carbocycles. The lowest BCUT2D eigenvalue weighted by molar-refractivity contribution is -0.0725. The summed E-state index contributed by atoms with van der Waals surface area (Å²) >= 11 is 9.33. The zero-order valence-corrected chi connectivity index (χ0v) is 12.3. The van der Waals surface area contributed by atoms with Gasteiger partial charge >= 0.3 is 0 Å². The molecule has 1 aliphatic rings. The normalized spacial score (nSPS) is 23.8. The van der Waals surface area contributed by atoms with Crippen LogP contribution in [0, 0.1) is 0 Å². The number of alkyl halides is 1. The molecule has 1 atom stereocenters. The fourth-order valence-electron chi connectivity index (χ4n) is 2.11. The average molecular weight is 320 g/mol. The van der Waals surface area contributed by atoms with Gasteiger partial charge in [0.25, 0.3) is 0 Å². The summed E-state index contributed by atoms with van der Waals surface area (Å²) in [5.74, 6) is 0.955. The molecule has 2 rings (SSSR count). The van der Waals surface area contributed by atoms with Crippen molar-refractivity contribution < 1.29 is 4.74 Å². The Morgan fingerprint density at radius 3 is 2.94 bits per heavy atom. The Balaban J connectivity index is 2.17. The van der Waals surface area contributed by atoms with Gasteiger partial charge < -0.3 is 9.64 Å². The summed E-state index contributed by atoms with van der Waals surface area (Å²) in [5, 5.41) is 1.50. The molecule has 0 N–H and O–H groups in total. The highest BCUT2D eigenvalue weighted by atomic mass is 79.9. The topological polar surface area (TPSA) is 25.4 Å². The van der Waals surface area contributed by atoms with Crippen molar-refractivity contribution in [2.45, 2.75) is 25.6 Å². The van der Waals surface area contributed by atoms with E-state index in [2.05, 4.69) is 39.7 Å². The molecule has 0 bridgehead atoms. The van der Waals surface area contributed by atoms with Gasteiger partial charge in [0.15, 0.2) is 0 Å². The van der Waals surface area contributed by atoms with E-state index in [9.17, 15) is 0 Å². The van der Waals surface area contributed by atoms with E-state index < -0.39 is 0 Å². The Kier molecular flexibility index (Phi) is 3.95. The highest BCUT2D eigenvalue weighted by Crippen LogP contribution is 2.26. The summed E-state index contributed by atoms with van der Waals surface area (Å²) in [6, 6.07) is 3.82. The molecule has 1 aliphatic heterocycles. The van der Waals surface area contributed by atoms with Crippen molar-refractivity contribution in [2.75, 3.05) is 23.3 Å². The van der Waals surface area contributed by atoms with E-state index in [0.717, 1.165) is 24.2 Å². The highest BCUT2D eigenvalue weighted by Gasteiger charge is 2.33. The van der Waals surface area contributed by atoms with Crippen molar-refractivity contribution in [2.24, 2.45) is 0 Å². The molecule has 1 aromatic rings. The maximum absolute atomic E-state index is 5.96. The number of nitrogens with zero attached hydrogens (tertiary/aromatic N) is 2. The van der Waals surface area contributed by atoms with E-state index in [0.29, 0.717) is 5.02 Å². The van der Waals surface area contributed by atoms with Crippen LogP contribution in [0.4, 0.5) is 5.82 Å². The predicted molar refractivity (Wildman–Crippen MR) is 74.2 cm³/mol. The predicted octanol–water partition coefficient (Wildman–Crippen LogP) is 3.11. The molecular formula is C12H16BrClN2O. The molecular weight excluding hydrogens is 304 g/mol. The first kappa shape index (κ1) is 13.1. The number of aromatic nitrogens is 1. The van der Waals surface area contributed by atoms with E-state index >= 15 is 0 Å². The first-order valence-electron chi connectivity index (χ1n) is 5.60. The van der Waals surface area contributed by atoms with Crippen LogP contribution in [0.15, 0.2) is 18.3 Å². The van der Waals surface area contributed by atoms with Gasteiger partial charge in [-0.1, -0.05) is 27.5 Å². The summed E-state index contributed by atoms with van der Waals surface area (Å²) in [6.45, 7) is 5.89. The molecule has 1 aromatic heterocycles. The van der Waals surface area contributed by atoms with Gasteiger partial charge in [-0.2, -0.15) is 0 Å². The van der Waals surface area contributed by atoms with Crippen molar-refractivity contribution in [3.63, 3.8) is 0 Å². The molecule has 2 heterocycles. The van der Waals surface area contributed by atoms with Crippen LogP contribution >= 0.6 is 27.5 Å². The third kappa shape index (κ3) is 3.33. The third-order valence-electron chi connectivity index (χ3n) is 2.69. The quantitative estimate of drug-likeness (QED) is 0.783. The van der Waals surface area contributed by atoms with E-state index in [1.165, 1.54) is 0 Å². The van der Waals surface area contributed by atoms with Crippen LogP contribution in [0.1, 0.15) is 13.8 Å². The van der Waals surface area contributed by atoms with Gasteiger partial charge in [0.2, 0.25) is 0 Å². The summed E-state index contributed by atoms with van der Waals surface area (Å²) in [7, 11) is 0. The number of halogens is 2. The summed E-state index contributed by atoms with van der Waals surface area (Å²) in [5.41, 5.74) is -0.155. The standard InChI is InChI=1S/C12H16BrClN2O/c1-12(2)8-16(7-10(5-13)17-12)11-4-3-9(14)6-15-11/h3-4,6,10H,5,7-8H2,1-2H3. The van der Waals surface area contributed by atoms with Gasteiger partial charge in [0.1, 0.15) is 5.82 Å².